The van der Waals surface area contributed by atoms with Crippen LogP contribution in [0.15, 0.2) is 57.6 Å². The number of Topliss-reactive ketones (excluding diaryl/α,β-unsaturated/α-hetero) is 1. The van der Waals surface area contributed by atoms with Crippen LogP contribution in [0.5, 0.6) is 0 Å². The second-order valence-electron chi connectivity index (χ2n) is 8.59. The Morgan fingerprint density at radius 3 is 2.68 bits per heavy atom. The van der Waals surface area contributed by atoms with Crippen molar-refractivity contribution < 1.29 is 28.1 Å². The number of hydrogen-bond donors (Lipinski definition) is 3. The normalized spacial score (nSPS) is 12.1. The number of furan rings is 1. The number of nitrogen functional groups attached to an aromatic ring is 1. The third kappa shape index (κ3) is 8.12. The van der Waals surface area contributed by atoms with E-state index in [1.807, 2.05) is 0 Å². The summed E-state index contributed by atoms with van der Waals surface area (Å²) in [5, 5.41) is 11.5. The molecule has 0 spiro atoms. The molecule has 1 aromatic carbocycles. The van der Waals surface area contributed by atoms with Gasteiger partial charge in [0.05, 0.1) is 27.1 Å². The standard InChI is InChI=1S/C27H28N4O6S/c1-18-11-12-37-24(18)27(35)30-22-7-5-6-19(14-22)9-10-20-15-21(16-29-25(20)28)26(34)31-38(2,36)13-4-3-8-23(33)17-32/h5-7,11-12,14-16,32H,3-4,8,13,17H2,1-2H3,(H2,28,29)(H,30,35)/t38-/m1/s1. The van der Waals surface area contributed by atoms with Crippen molar-refractivity contribution in [3.05, 3.63) is 76.9 Å². The molecule has 11 heteroatoms. The van der Waals surface area contributed by atoms with Gasteiger partial charge in [-0.25, -0.2) is 9.19 Å². The van der Waals surface area contributed by atoms with Crippen molar-refractivity contribution in [1.29, 1.82) is 0 Å². The van der Waals surface area contributed by atoms with Crippen LogP contribution < -0.4 is 11.1 Å². The first-order valence-corrected chi connectivity index (χ1v) is 13.8. The maximum atomic E-state index is 12.7. The van der Waals surface area contributed by atoms with Crippen molar-refractivity contribution in [2.24, 2.45) is 4.36 Å². The number of aliphatic hydroxyl groups excluding tert-OH is 1. The molecule has 0 aliphatic rings. The van der Waals surface area contributed by atoms with Crippen LogP contribution in [0.3, 0.4) is 0 Å². The van der Waals surface area contributed by atoms with Gasteiger partial charge in [-0.2, -0.15) is 4.36 Å². The monoisotopic (exact) mass is 536 g/mol. The molecule has 0 fully saturated rings. The van der Waals surface area contributed by atoms with Crippen LogP contribution in [0.2, 0.25) is 0 Å². The molecule has 198 valence electrons. The lowest BCUT2D eigenvalue weighted by molar-refractivity contribution is -0.121. The number of rotatable bonds is 9. The smallest absolute Gasteiger partial charge is 0.291 e. The number of aromatic nitrogens is 1. The van der Waals surface area contributed by atoms with E-state index in [-0.39, 0.29) is 46.6 Å². The maximum absolute atomic E-state index is 12.7. The fraction of sp³-hybridized carbons (Fsp3) is 0.259. The highest BCUT2D eigenvalue weighted by Crippen LogP contribution is 2.16. The lowest BCUT2D eigenvalue weighted by Crippen LogP contribution is -2.12. The molecule has 4 N–H and O–H groups in total. The number of aliphatic hydroxyl groups is 1. The van der Waals surface area contributed by atoms with E-state index in [2.05, 4.69) is 26.5 Å². The number of carbonyl (C=O) groups is 3. The second-order valence-corrected chi connectivity index (χ2v) is 11.1. The van der Waals surface area contributed by atoms with E-state index in [0.717, 1.165) is 5.56 Å². The molecular weight excluding hydrogens is 508 g/mol. The third-order valence-electron chi connectivity index (χ3n) is 5.38. The lowest BCUT2D eigenvalue weighted by Gasteiger charge is -2.05. The van der Waals surface area contributed by atoms with Gasteiger partial charge in [-0.15, -0.1) is 0 Å². The Balaban J connectivity index is 1.72. The molecule has 2 heterocycles. The molecule has 1 atom stereocenters. The minimum Gasteiger partial charge on any atom is -0.459 e. The fourth-order valence-corrected chi connectivity index (χ4v) is 4.63. The van der Waals surface area contributed by atoms with Crippen LogP contribution in [0.25, 0.3) is 0 Å². The van der Waals surface area contributed by atoms with Gasteiger partial charge < -0.3 is 20.6 Å². The van der Waals surface area contributed by atoms with Crippen molar-refractivity contribution in [3.63, 3.8) is 0 Å². The van der Waals surface area contributed by atoms with E-state index >= 15 is 0 Å². The Labute approximate surface area is 220 Å². The zero-order valence-electron chi connectivity index (χ0n) is 21.0. The topological polar surface area (TPSA) is 165 Å². The van der Waals surface area contributed by atoms with Gasteiger partial charge in [0.15, 0.2) is 11.5 Å². The van der Waals surface area contributed by atoms with Gasteiger partial charge in [-0.1, -0.05) is 17.9 Å². The van der Waals surface area contributed by atoms with Crippen molar-refractivity contribution in [2.45, 2.75) is 26.2 Å². The Hall–Kier alpha value is -4.27. The summed E-state index contributed by atoms with van der Waals surface area (Å²) in [4.78, 5) is 40.2. The van der Waals surface area contributed by atoms with Crippen molar-refractivity contribution in [2.75, 3.05) is 29.7 Å². The van der Waals surface area contributed by atoms with Gasteiger partial charge in [0.25, 0.3) is 11.8 Å². The molecule has 0 aliphatic carbocycles. The largest absolute Gasteiger partial charge is 0.459 e. The van der Waals surface area contributed by atoms with Gasteiger partial charge in [0.2, 0.25) is 0 Å². The summed E-state index contributed by atoms with van der Waals surface area (Å²) in [5.74, 6) is 4.90. The number of unbranched alkanes of at least 4 members (excludes halogenated alkanes) is 1. The predicted molar refractivity (Wildman–Crippen MR) is 144 cm³/mol. The average Bonchev–Trinajstić information content (AvgIpc) is 3.31. The van der Waals surface area contributed by atoms with E-state index in [9.17, 15) is 18.6 Å². The Morgan fingerprint density at radius 1 is 1.18 bits per heavy atom. The van der Waals surface area contributed by atoms with Crippen LogP contribution in [-0.2, 0) is 14.5 Å². The number of benzene rings is 1. The average molecular weight is 537 g/mol. The molecule has 0 radical (unpaired) electrons. The number of anilines is 2. The van der Waals surface area contributed by atoms with Gasteiger partial charge in [-0.3, -0.25) is 14.4 Å². The molecule has 3 rings (SSSR count). The van der Waals surface area contributed by atoms with Crippen molar-refractivity contribution in [3.8, 4) is 11.8 Å². The Morgan fingerprint density at radius 2 is 1.97 bits per heavy atom. The molecule has 0 unspecified atom stereocenters. The minimum atomic E-state index is -2.83. The van der Waals surface area contributed by atoms with Crippen LogP contribution in [-0.4, -0.2) is 50.5 Å². The molecule has 0 bridgehead atoms. The number of nitrogens with one attached hydrogen (secondary N) is 1. The first-order valence-electron chi connectivity index (χ1n) is 11.7. The highest BCUT2D eigenvalue weighted by molar-refractivity contribution is 7.93. The Kier molecular flexibility index (Phi) is 9.54. The molecular formula is C27H28N4O6S. The quantitative estimate of drug-likeness (QED) is 0.277. The van der Waals surface area contributed by atoms with Crippen LogP contribution in [0.1, 0.15) is 56.9 Å². The number of carbonyl (C=O) groups excluding carboxylic acids is 3. The van der Waals surface area contributed by atoms with Crippen molar-refractivity contribution in [1.82, 2.24) is 4.98 Å². The molecule has 0 aliphatic heterocycles. The summed E-state index contributed by atoms with van der Waals surface area (Å²) >= 11 is 0. The number of aryl methyl sites for hydroxylation is 1. The molecule has 38 heavy (non-hydrogen) atoms. The van der Waals surface area contributed by atoms with Gasteiger partial charge in [-0.05, 0) is 50.1 Å². The number of nitrogens with two attached hydrogens (primary N) is 1. The fourth-order valence-electron chi connectivity index (χ4n) is 3.34. The third-order valence-corrected chi connectivity index (χ3v) is 6.97. The number of hydrogen-bond acceptors (Lipinski definition) is 8. The highest BCUT2D eigenvalue weighted by Gasteiger charge is 2.14. The number of amides is 2. The number of pyridine rings is 1. The molecule has 3 aromatic rings. The van der Waals surface area contributed by atoms with Crippen molar-refractivity contribution >= 4 is 38.8 Å². The maximum Gasteiger partial charge on any atom is 0.291 e. The zero-order chi connectivity index (χ0) is 27.7. The predicted octanol–water partition coefficient (Wildman–Crippen LogP) is 3.19. The summed E-state index contributed by atoms with van der Waals surface area (Å²) in [5.41, 5.74) is 8.13. The highest BCUT2D eigenvalue weighted by atomic mass is 32.2. The Bertz CT molecular complexity index is 1540. The second kappa shape index (κ2) is 12.8. The molecule has 0 saturated carbocycles. The molecule has 10 nitrogen and oxygen atoms in total. The summed E-state index contributed by atoms with van der Waals surface area (Å²) in [7, 11) is -2.83. The first-order chi connectivity index (χ1) is 18.1. The molecule has 2 aromatic heterocycles. The molecule has 0 saturated heterocycles. The summed E-state index contributed by atoms with van der Waals surface area (Å²) < 4.78 is 21.8. The van der Waals surface area contributed by atoms with E-state index in [4.69, 9.17) is 15.3 Å². The van der Waals surface area contributed by atoms with E-state index in [1.165, 1.54) is 24.8 Å². The zero-order valence-corrected chi connectivity index (χ0v) is 21.8. The number of nitrogens with zero attached hydrogens (tertiary/aromatic N) is 2. The van der Waals surface area contributed by atoms with Gasteiger partial charge in [0, 0.05) is 41.4 Å². The van der Waals surface area contributed by atoms with Crippen LogP contribution in [0.4, 0.5) is 11.5 Å². The SMILES string of the molecule is Cc1ccoc1C(=O)Nc1cccc(C#Cc2cc(C(=O)N=[S@](C)(=O)CCCCC(=O)CO)cnc2N)c1. The minimum absolute atomic E-state index is 0.0864. The van der Waals surface area contributed by atoms with Crippen LogP contribution >= 0.6 is 0 Å². The molecule has 2 amide bonds. The van der Waals surface area contributed by atoms with Gasteiger partial charge >= 0.3 is 0 Å². The number of ketones is 1. The van der Waals surface area contributed by atoms with E-state index in [1.54, 1.807) is 37.3 Å². The summed E-state index contributed by atoms with van der Waals surface area (Å²) in [6, 6.07) is 10.00. The van der Waals surface area contributed by atoms with Gasteiger partial charge in [0.1, 0.15) is 12.4 Å². The van der Waals surface area contributed by atoms with E-state index < -0.39 is 22.2 Å². The lowest BCUT2D eigenvalue weighted by atomic mass is 10.1. The summed E-state index contributed by atoms with van der Waals surface area (Å²) in [6.45, 7) is 1.25. The first kappa shape index (κ1) is 28.3. The van der Waals surface area contributed by atoms with Crippen LogP contribution in [0, 0.1) is 18.8 Å². The summed E-state index contributed by atoms with van der Waals surface area (Å²) in [6.07, 6.45) is 5.13. The van der Waals surface area contributed by atoms with E-state index in [0.29, 0.717) is 24.1 Å².